The number of carbonyl (C=O) groups excluding carboxylic acids is 1. The van der Waals surface area contributed by atoms with E-state index >= 15 is 0 Å². The van der Waals surface area contributed by atoms with Gasteiger partial charge in [0.25, 0.3) is 5.56 Å². The first-order valence-electron chi connectivity index (χ1n) is 11.7. The fourth-order valence-electron chi connectivity index (χ4n) is 3.65. The largest absolute Gasteiger partial charge is 0.444 e. The van der Waals surface area contributed by atoms with Crippen LogP contribution in [0.2, 0.25) is 0 Å². The van der Waals surface area contributed by atoms with Crippen molar-refractivity contribution in [2.75, 3.05) is 19.6 Å². The third-order valence-corrected chi connectivity index (χ3v) is 6.09. The van der Waals surface area contributed by atoms with Crippen LogP contribution in [0, 0.1) is 12.8 Å². The number of ether oxygens (including phenoxy) is 1. The average Bonchev–Trinajstić information content (AvgIpc) is 3.13. The van der Waals surface area contributed by atoms with E-state index in [9.17, 15) is 9.59 Å². The minimum Gasteiger partial charge on any atom is -0.444 e. The molecule has 0 aliphatic heterocycles. The molecule has 0 bridgehead atoms. The van der Waals surface area contributed by atoms with Crippen LogP contribution in [0.25, 0.3) is 10.2 Å². The number of nitrogens with one attached hydrogen (secondary N) is 2. The van der Waals surface area contributed by atoms with Crippen molar-refractivity contribution in [1.29, 1.82) is 0 Å². The van der Waals surface area contributed by atoms with Gasteiger partial charge in [-0.05, 0) is 70.2 Å². The molecular formula is C25H35N5O3S. The number of carbonyl (C=O) groups is 1. The van der Waals surface area contributed by atoms with E-state index in [1.165, 1.54) is 11.5 Å². The van der Waals surface area contributed by atoms with Gasteiger partial charge < -0.3 is 15.4 Å². The Morgan fingerprint density at radius 3 is 2.65 bits per heavy atom. The first-order valence-corrected chi connectivity index (χ1v) is 12.5. The molecule has 184 valence electrons. The molecule has 0 radical (unpaired) electrons. The molecule has 9 heteroatoms. The Labute approximate surface area is 204 Å². The Balaban J connectivity index is 1.58. The highest BCUT2D eigenvalue weighted by Crippen LogP contribution is 2.19. The molecule has 8 nitrogen and oxygen atoms in total. The zero-order valence-corrected chi connectivity index (χ0v) is 21.5. The first kappa shape index (κ1) is 25.8. The number of aromatic nitrogens is 3. The minimum atomic E-state index is -0.492. The van der Waals surface area contributed by atoms with Gasteiger partial charge in [0.05, 0.1) is 17.6 Å². The van der Waals surface area contributed by atoms with Crippen LogP contribution in [0.1, 0.15) is 51.2 Å². The van der Waals surface area contributed by atoms with Gasteiger partial charge in [-0.15, -0.1) is 0 Å². The summed E-state index contributed by atoms with van der Waals surface area (Å²) >= 11 is 1.28. The molecule has 34 heavy (non-hydrogen) atoms. The van der Waals surface area contributed by atoms with Gasteiger partial charge in [0, 0.05) is 13.0 Å². The van der Waals surface area contributed by atoms with Crippen LogP contribution in [-0.4, -0.2) is 45.3 Å². The van der Waals surface area contributed by atoms with Crippen LogP contribution in [0.5, 0.6) is 0 Å². The number of aryl methyl sites for hydroxylation is 1. The van der Waals surface area contributed by atoms with Crippen LogP contribution in [-0.2, 0) is 17.7 Å². The molecule has 2 N–H and O–H groups in total. The Morgan fingerprint density at radius 1 is 1.21 bits per heavy atom. The van der Waals surface area contributed by atoms with Gasteiger partial charge in [0.2, 0.25) is 0 Å². The van der Waals surface area contributed by atoms with Crippen molar-refractivity contribution < 1.29 is 9.53 Å². The number of hydrogen-bond acceptors (Lipinski definition) is 7. The molecule has 0 aliphatic carbocycles. The second kappa shape index (κ2) is 11.6. The summed E-state index contributed by atoms with van der Waals surface area (Å²) in [4.78, 5) is 30.5. The minimum absolute atomic E-state index is 0.0246. The molecule has 1 amide bonds. The van der Waals surface area contributed by atoms with E-state index in [1.54, 1.807) is 4.57 Å². The van der Waals surface area contributed by atoms with Gasteiger partial charge in [-0.1, -0.05) is 37.3 Å². The summed E-state index contributed by atoms with van der Waals surface area (Å²) < 4.78 is 11.4. The number of alkyl carbamates (subject to hydrolysis) is 1. The zero-order chi connectivity index (χ0) is 24.7. The molecule has 3 aromatic rings. The maximum atomic E-state index is 13.3. The number of amides is 1. The highest BCUT2D eigenvalue weighted by molar-refractivity contribution is 7.12. The van der Waals surface area contributed by atoms with Crippen molar-refractivity contribution in [2.45, 2.75) is 59.6 Å². The quantitative estimate of drug-likeness (QED) is 0.423. The molecule has 2 heterocycles. The smallest absolute Gasteiger partial charge is 0.407 e. The van der Waals surface area contributed by atoms with Gasteiger partial charge in [0.15, 0.2) is 4.83 Å². The van der Waals surface area contributed by atoms with Gasteiger partial charge in [-0.2, -0.15) is 4.37 Å². The number of rotatable bonds is 10. The number of fused-ring (bicyclic) bond motifs is 1. The van der Waals surface area contributed by atoms with E-state index in [0.717, 1.165) is 36.6 Å². The molecule has 3 rings (SSSR count). The normalized spacial score (nSPS) is 12.6. The number of nitrogens with zero attached hydrogens (tertiary/aromatic N) is 3. The Morgan fingerprint density at radius 2 is 1.94 bits per heavy atom. The molecule has 0 saturated heterocycles. The van der Waals surface area contributed by atoms with Crippen molar-refractivity contribution in [3.8, 4) is 0 Å². The van der Waals surface area contributed by atoms with Gasteiger partial charge in [0.1, 0.15) is 11.4 Å². The summed E-state index contributed by atoms with van der Waals surface area (Å²) in [7, 11) is 0. The second-order valence-corrected chi connectivity index (χ2v) is 10.4. The van der Waals surface area contributed by atoms with Gasteiger partial charge in [-0.3, -0.25) is 9.36 Å². The van der Waals surface area contributed by atoms with Crippen molar-refractivity contribution >= 4 is 27.8 Å². The SMILES string of the molecule is Cc1nsc2nc(CC(C)CNCCCNC(=O)OC(C)(C)C)n(Cc3ccccc3)c(=O)c12. The van der Waals surface area contributed by atoms with Crippen molar-refractivity contribution in [3.05, 3.63) is 57.8 Å². The summed E-state index contributed by atoms with van der Waals surface area (Å²) in [5.74, 6) is 1.06. The summed E-state index contributed by atoms with van der Waals surface area (Å²) in [6.07, 6.45) is 1.09. The molecule has 0 fully saturated rings. The van der Waals surface area contributed by atoms with Crippen molar-refractivity contribution in [1.82, 2.24) is 24.6 Å². The maximum absolute atomic E-state index is 13.3. The number of hydrogen-bond donors (Lipinski definition) is 2. The standard InChI is InChI=1S/C25H35N5O3S/c1-17(15-26-12-9-13-27-24(32)33-25(3,4)5)14-20-28-22-21(18(2)29-34-22)23(31)30(20)16-19-10-7-6-8-11-19/h6-8,10-11,17,26H,9,12-16H2,1-5H3,(H,27,32). The Hall–Kier alpha value is -2.78. The summed E-state index contributed by atoms with van der Waals surface area (Å²) in [6.45, 7) is 12.1. The molecule has 0 aliphatic rings. The van der Waals surface area contributed by atoms with Crippen LogP contribution < -0.4 is 16.2 Å². The van der Waals surface area contributed by atoms with Crippen molar-refractivity contribution in [3.63, 3.8) is 0 Å². The zero-order valence-electron chi connectivity index (χ0n) is 20.7. The molecule has 1 atom stereocenters. The Kier molecular flexibility index (Phi) is 8.79. The van der Waals surface area contributed by atoms with Crippen LogP contribution >= 0.6 is 11.5 Å². The highest BCUT2D eigenvalue weighted by Gasteiger charge is 2.18. The van der Waals surface area contributed by atoms with Gasteiger partial charge in [-0.25, -0.2) is 9.78 Å². The maximum Gasteiger partial charge on any atom is 0.407 e. The lowest BCUT2D eigenvalue weighted by Crippen LogP contribution is -2.34. The third-order valence-electron chi connectivity index (χ3n) is 5.25. The van der Waals surface area contributed by atoms with E-state index in [1.807, 2.05) is 58.0 Å². The monoisotopic (exact) mass is 485 g/mol. The lowest BCUT2D eigenvalue weighted by molar-refractivity contribution is 0.0527. The third kappa shape index (κ3) is 7.36. The molecule has 1 unspecified atom stereocenters. The molecule has 0 spiro atoms. The summed E-state index contributed by atoms with van der Waals surface area (Å²) in [5, 5.41) is 6.82. The van der Waals surface area contributed by atoms with Crippen LogP contribution in [0.4, 0.5) is 4.79 Å². The van der Waals surface area contributed by atoms with E-state index in [0.29, 0.717) is 29.7 Å². The molecular weight excluding hydrogens is 450 g/mol. The molecule has 0 saturated carbocycles. The van der Waals surface area contributed by atoms with E-state index < -0.39 is 11.7 Å². The number of benzene rings is 1. The fraction of sp³-hybridized carbons (Fsp3) is 0.520. The van der Waals surface area contributed by atoms with Gasteiger partial charge >= 0.3 is 6.09 Å². The molecule has 1 aromatic carbocycles. The van der Waals surface area contributed by atoms with Crippen LogP contribution in [0.15, 0.2) is 35.1 Å². The summed E-state index contributed by atoms with van der Waals surface area (Å²) in [6, 6.07) is 9.98. The summed E-state index contributed by atoms with van der Waals surface area (Å²) in [5.41, 5.74) is 1.29. The predicted molar refractivity (Wildman–Crippen MR) is 137 cm³/mol. The second-order valence-electron chi connectivity index (χ2n) is 9.65. The highest BCUT2D eigenvalue weighted by atomic mass is 32.1. The lowest BCUT2D eigenvalue weighted by atomic mass is 10.1. The topological polar surface area (TPSA) is 98.1 Å². The lowest BCUT2D eigenvalue weighted by Gasteiger charge is -2.19. The Bertz CT molecular complexity index is 1150. The van der Waals surface area contributed by atoms with Crippen molar-refractivity contribution in [2.24, 2.45) is 5.92 Å². The van der Waals surface area contributed by atoms with Crippen LogP contribution in [0.3, 0.4) is 0 Å². The van der Waals surface area contributed by atoms with E-state index in [4.69, 9.17) is 9.72 Å². The molecule has 2 aromatic heterocycles. The first-order chi connectivity index (χ1) is 16.1. The predicted octanol–water partition coefficient (Wildman–Crippen LogP) is 3.89. The fourth-order valence-corrected chi connectivity index (χ4v) is 4.43. The van der Waals surface area contributed by atoms with E-state index in [2.05, 4.69) is 21.9 Å². The van der Waals surface area contributed by atoms with E-state index in [-0.39, 0.29) is 11.5 Å². The average molecular weight is 486 g/mol.